The summed E-state index contributed by atoms with van der Waals surface area (Å²) in [6.07, 6.45) is 0. The lowest BCUT2D eigenvalue weighted by molar-refractivity contribution is 0.0333. The molecule has 1 unspecified atom stereocenters. The summed E-state index contributed by atoms with van der Waals surface area (Å²) in [5, 5.41) is 3.82. The van der Waals surface area contributed by atoms with E-state index in [1.165, 1.54) is 27.8 Å². The van der Waals surface area contributed by atoms with Crippen LogP contribution in [0.4, 0.5) is 0 Å². The minimum Gasteiger partial charge on any atom is -0.379 e. The minimum absolute atomic E-state index is 0.333. The Morgan fingerprint density at radius 3 is 2.28 bits per heavy atom. The van der Waals surface area contributed by atoms with Crippen molar-refractivity contribution in [3.05, 3.63) is 70.3 Å². The van der Waals surface area contributed by atoms with Gasteiger partial charge in [-0.1, -0.05) is 48.0 Å². The molecule has 3 rings (SSSR count). The second-order valence-electron chi connectivity index (χ2n) is 7.13. The molecule has 1 atom stereocenters. The standard InChI is InChI=1S/C22H30N2O/c1-17-13-18(2)21(19(3)14-17)15-23-22(20-7-5-4-6-8-20)16-24-9-11-25-12-10-24/h4-8,13-14,22-23H,9-12,15-16H2,1-3H3. The fourth-order valence-electron chi connectivity index (χ4n) is 3.73. The molecular weight excluding hydrogens is 308 g/mol. The number of hydrogen-bond acceptors (Lipinski definition) is 3. The van der Waals surface area contributed by atoms with Gasteiger partial charge in [-0.3, -0.25) is 4.90 Å². The maximum Gasteiger partial charge on any atom is 0.0594 e. The zero-order chi connectivity index (χ0) is 17.6. The Morgan fingerprint density at radius 2 is 1.64 bits per heavy atom. The fraction of sp³-hybridized carbons (Fsp3) is 0.455. The van der Waals surface area contributed by atoms with Crippen LogP contribution in [0, 0.1) is 20.8 Å². The first kappa shape index (κ1) is 18.1. The molecule has 0 amide bonds. The van der Waals surface area contributed by atoms with E-state index < -0.39 is 0 Å². The van der Waals surface area contributed by atoms with E-state index in [0.717, 1.165) is 39.4 Å². The van der Waals surface area contributed by atoms with Crippen LogP contribution < -0.4 is 5.32 Å². The Kier molecular flexibility index (Phi) is 6.24. The summed E-state index contributed by atoms with van der Waals surface area (Å²) in [5.41, 5.74) is 6.88. The first-order valence-corrected chi connectivity index (χ1v) is 9.28. The lowest BCUT2D eigenvalue weighted by Crippen LogP contribution is -2.41. The van der Waals surface area contributed by atoms with Gasteiger partial charge in [-0.2, -0.15) is 0 Å². The van der Waals surface area contributed by atoms with Crippen LogP contribution in [0.25, 0.3) is 0 Å². The van der Waals surface area contributed by atoms with Gasteiger partial charge in [0.15, 0.2) is 0 Å². The molecule has 0 aromatic heterocycles. The quantitative estimate of drug-likeness (QED) is 0.867. The number of nitrogens with one attached hydrogen (secondary N) is 1. The molecular formula is C22H30N2O. The van der Waals surface area contributed by atoms with Gasteiger partial charge in [-0.05, 0) is 43.0 Å². The number of aryl methyl sites for hydroxylation is 3. The largest absolute Gasteiger partial charge is 0.379 e. The Bertz CT molecular complexity index is 655. The Hall–Kier alpha value is -1.68. The highest BCUT2D eigenvalue weighted by Crippen LogP contribution is 2.20. The molecule has 1 heterocycles. The zero-order valence-corrected chi connectivity index (χ0v) is 15.7. The highest BCUT2D eigenvalue weighted by atomic mass is 16.5. The first-order valence-electron chi connectivity index (χ1n) is 9.28. The van der Waals surface area contributed by atoms with Gasteiger partial charge in [0.05, 0.1) is 13.2 Å². The van der Waals surface area contributed by atoms with E-state index in [1.54, 1.807) is 0 Å². The van der Waals surface area contributed by atoms with Crippen molar-refractivity contribution < 1.29 is 4.74 Å². The van der Waals surface area contributed by atoms with E-state index >= 15 is 0 Å². The first-order chi connectivity index (χ1) is 12.1. The van der Waals surface area contributed by atoms with Gasteiger partial charge >= 0.3 is 0 Å². The molecule has 0 bridgehead atoms. The van der Waals surface area contributed by atoms with Crippen LogP contribution in [0.2, 0.25) is 0 Å². The maximum absolute atomic E-state index is 5.50. The fourth-order valence-corrected chi connectivity index (χ4v) is 3.73. The lowest BCUT2D eigenvalue weighted by atomic mass is 9.99. The summed E-state index contributed by atoms with van der Waals surface area (Å²) in [6, 6.07) is 15.7. The molecule has 1 fully saturated rings. The third-order valence-electron chi connectivity index (χ3n) is 5.11. The summed E-state index contributed by atoms with van der Waals surface area (Å²) in [7, 11) is 0. The molecule has 25 heavy (non-hydrogen) atoms. The molecule has 2 aromatic carbocycles. The number of morpholine rings is 1. The highest BCUT2D eigenvalue weighted by molar-refractivity contribution is 5.37. The van der Waals surface area contributed by atoms with Gasteiger partial charge in [0.2, 0.25) is 0 Å². The van der Waals surface area contributed by atoms with Crippen molar-refractivity contribution in [3.8, 4) is 0 Å². The Labute approximate surface area is 152 Å². The summed E-state index contributed by atoms with van der Waals surface area (Å²) >= 11 is 0. The van der Waals surface area contributed by atoms with Gasteiger partial charge in [0.1, 0.15) is 0 Å². The number of benzene rings is 2. The number of ether oxygens (including phenoxy) is 1. The Balaban J connectivity index is 1.73. The third-order valence-corrected chi connectivity index (χ3v) is 5.11. The second-order valence-corrected chi connectivity index (χ2v) is 7.13. The summed E-state index contributed by atoms with van der Waals surface area (Å²) in [6.45, 7) is 12.3. The molecule has 1 saturated heterocycles. The molecule has 3 heteroatoms. The van der Waals surface area contributed by atoms with Crippen molar-refractivity contribution in [2.24, 2.45) is 0 Å². The normalized spacial score (nSPS) is 16.8. The van der Waals surface area contributed by atoms with Gasteiger partial charge in [-0.15, -0.1) is 0 Å². The monoisotopic (exact) mass is 338 g/mol. The number of nitrogens with zero attached hydrogens (tertiary/aromatic N) is 1. The van der Waals surface area contributed by atoms with Gasteiger partial charge in [0, 0.05) is 32.2 Å². The van der Waals surface area contributed by atoms with Crippen LogP contribution in [0.5, 0.6) is 0 Å². The highest BCUT2D eigenvalue weighted by Gasteiger charge is 2.18. The van der Waals surface area contributed by atoms with Crippen LogP contribution in [0.15, 0.2) is 42.5 Å². The molecule has 1 N–H and O–H groups in total. The van der Waals surface area contributed by atoms with Crippen molar-refractivity contribution in [1.29, 1.82) is 0 Å². The summed E-state index contributed by atoms with van der Waals surface area (Å²) in [5.74, 6) is 0. The summed E-state index contributed by atoms with van der Waals surface area (Å²) < 4.78 is 5.50. The molecule has 0 saturated carbocycles. The van der Waals surface area contributed by atoms with Crippen LogP contribution in [0.3, 0.4) is 0 Å². The average molecular weight is 338 g/mol. The number of hydrogen-bond donors (Lipinski definition) is 1. The summed E-state index contributed by atoms with van der Waals surface area (Å²) in [4.78, 5) is 2.50. The molecule has 0 spiro atoms. The zero-order valence-electron chi connectivity index (χ0n) is 15.7. The average Bonchev–Trinajstić information content (AvgIpc) is 2.61. The minimum atomic E-state index is 0.333. The predicted octanol–water partition coefficient (Wildman–Crippen LogP) is 3.77. The molecule has 3 nitrogen and oxygen atoms in total. The molecule has 134 valence electrons. The van der Waals surface area contributed by atoms with E-state index in [0.29, 0.717) is 6.04 Å². The van der Waals surface area contributed by atoms with Crippen molar-refractivity contribution >= 4 is 0 Å². The molecule has 0 aliphatic carbocycles. The molecule has 1 aliphatic rings. The predicted molar refractivity (Wildman–Crippen MR) is 104 cm³/mol. The Morgan fingerprint density at radius 1 is 1.00 bits per heavy atom. The van der Waals surface area contributed by atoms with Crippen LogP contribution in [0.1, 0.15) is 33.9 Å². The van der Waals surface area contributed by atoms with Crippen molar-refractivity contribution in [2.75, 3.05) is 32.8 Å². The van der Waals surface area contributed by atoms with E-state index in [-0.39, 0.29) is 0 Å². The number of rotatable bonds is 6. The van der Waals surface area contributed by atoms with Crippen molar-refractivity contribution in [3.63, 3.8) is 0 Å². The van der Waals surface area contributed by atoms with Gasteiger partial charge in [-0.25, -0.2) is 0 Å². The second kappa shape index (κ2) is 8.61. The molecule has 0 radical (unpaired) electrons. The van der Waals surface area contributed by atoms with E-state index in [9.17, 15) is 0 Å². The third kappa shape index (κ3) is 4.91. The van der Waals surface area contributed by atoms with Crippen LogP contribution in [-0.4, -0.2) is 37.7 Å². The van der Waals surface area contributed by atoms with Crippen molar-refractivity contribution in [2.45, 2.75) is 33.4 Å². The molecule has 2 aromatic rings. The topological polar surface area (TPSA) is 24.5 Å². The maximum atomic E-state index is 5.50. The van der Waals surface area contributed by atoms with Gasteiger partial charge in [0.25, 0.3) is 0 Å². The van der Waals surface area contributed by atoms with Crippen LogP contribution in [-0.2, 0) is 11.3 Å². The van der Waals surface area contributed by atoms with Crippen LogP contribution >= 0.6 is 0 Å². The van der Waals surface area contributed by atoms with Crippen molar-refractivity contribution in [1.82, 2.24) is 10.2 Å². The van der Waals surface area contributed by atoms with E-state index in [1.807, 2.05) is 0 Å². The smallest absolute Gasteiger partial charge is 0.0594 e. The van der Waals surface area contributed by atoms with Gasteiger partial charge < -0.3 is 10.1 Å². The molecule has 1 aliphatic heterocycles. The van der Waals surface area contributed by atoms with E-state index in [2.05, 4.69) is 73.5 Å². The SMILES string of the molecule is Cc1cc(C)c(CNC(CN2CCOCC2)c2ccccc2)c(C)c1. The lowest BCUT2D eigenvalue weighted by Gasteiger charge is -2.31. The van der Waals surface area contributed by atoms with E-state index in [4.69, 9.17) is 4.74 Å².